The summed E-state index contributed by atoms with van der Waals surface area (Å²) in [7, 11) is 0. The highest BCUT2D eigenvalue weighted by molar-refractivity contribution is 5.94. The van der Waals surface area contributed by atoms with Crippen LogP contribution in [0, 0.1) is 11.7 Å². The first-order valence-electron chi connectivity index (χ1n) is 10.5. The Balaban J connectivity index is 1.49. The van der Waals surface area contributed by atoms with Gasteiger partial charge in [-0.05, 0) is 68.7 Å². The molecule has 1 heterocycles. The van der Waals surface area contributed by atoms with Crippen molar-refractivity contribution < 1.29 is 18.7 Å². The molecular weight excluding hydrogens is 383 g/mol. The molecule has 6 heteroatoms. The number of nitrogens with zero attached hydrogens (tertiary/aromatic N) is 1. The molecule has 5 nitrogen and oxygen atoms in total. The van der Waals surface area contributed by atoms with Crippen LogP contribution in [0.15, 0.2) is 48.5 Å². The van der Waals surface area contributed by atoms with Gasteiger partial charge in [-0.1, -0.05) is 12.1 Å². The van der Waals surface area contributed by atoms with E-state index < -0.39 is 0 Å². The molecule has 1 N–H and O–H groups in total. The van der Waals surface area contributed by atoms with E-state index in [9.17, 15) is 14.0 Å². The summed E-state index contributed by atoms with van der Waals surface area (Å²) >= 11 is 0. The minimum atomic E-state index is -0.321. The number of ether oxygens (including phenoxy) is 1. The van der Waals surface area contributed by atoms with Gasteiger partial charge in [-0.25, -0.2) is 4.39 Å². The van der Waals surface area contributed by atoms with Gasteiger partial charge in [0.15, 0.2) is 0 Å². The van der Waals surface area contributed by atoms with Crippen LogP contribution in [0.2, 0.25) is 0 Å². The van der Waals surface area contributed by atoms with E-state index >= 15 is 0 Å². The predicted octanol–water partition coefficient (Wildman–Crippen LogP) is 3.82. The average molecular weight is 413 g/mol. The first-order chi connectivity index (χ1) is 14.4. The molecule has 0 radical (unpaired) electrons. The number of benzene rings is 2. The minimum absolute atomic E-state index is 0.0193. The van der Waals surface area contributed by atoms with Crippen molar-refractivity contribution in [1.29, 1.82) is 0 Å². The second-order valence-electron chi connectivity index (χ2n) is 8.12. The van der Waals surface area contributed by atoms with E-state index in [0.29, 0.717) is 30.0 Å². The van der Waals surface area contributed by atoms with Crippen LogP contribution in [0.4, 0.5) is 4.39 Å². The number of carbonyl (C=O) groups is 2. The molecule has 2 amide bonds. The number of halogens is 1. The molecule has 30 heavy (non-hydrogen) atoms. The van der Waals surface area contributed by atoms with Crippen molar-refractivity contribution in [2.75, 3.05) is 19.7 Å². The summed E-state index contributed by atoms with van der Waals surface area (Å²) in [6, 6.07) is 13.4. The summed E-state index contributed by atoms with van der Waals surface area (Å²) in [5.74, 6) is 0.554. The molecule has 3 rings (SSSR count). The average Bonchev–Trinajstić information content (AvgIpc) is 2.72. The number of likely N-dealkylation sites (tertiary alicyclic amines) is 1. The smallest absolute Gasteiger partial charge is 0.251 e. The lowest BCUT2D eigenvalue weighted by atomic mass is 9.98. The monoisotopic (exact) mass is 412 g/mol. The van der Waals surface area contributed by atoms with Crippen molar-refractivity contribution in [2.24, 2.45) is 5.92 Å². The van der Waals surface area contributed by atoms with Gasteiger partial charge in [0.05, 0.1) is 13.0 Å². The number of hydrogen-bond donors (Lipinski definition) is 1. The Hall–Kier alpha value is -2.89. The van der Waals surface area contributed by atoms with Crippen LogP contribution in [0.5, 0.6) is 5.75 Å². The molecule has 1 unspecified atom stereocenters. The SMILES string of the molecule is CC(C)NC(=O)c1ccc(OCC2CCCN(C(=O)Cc3cccc(F)c3)C2)cc1. The number of rotatable bonds is 7. The van der Waals surface area contributed by atoms with Crippen LogP contribution in [0.25, 0.3) is 0 Å². The van der Waals surface area contributed by atoms with Crippen molar-refractivity contribution in [3.8, 4) is 5.75 Å². The second-order valence-corrected chi connectivity index (χ2v) is 8.12. The Morgan fingerprint density at radius 1 is 1.20 bits per heavy atom. The van der Waals surface area contributed by atoms with E-state index in [1.807, 2.05) is 18.7 Å². The van der Waals surface area contributed by atoms with E-state index in [-0.39, 0.29) is 36.0 Å². The third-order valence-corrected chi connectivity index (χ3v) is 5.14. The lowest BCUT2D eigenvalue weighted by Crippen LogP contribution is -2.42. The molecule has 0 bridgehead atoms. The van der Waals surface area contributed by atoms with E-state index in [1.54, 1.807) is 36.4 Å². The molecule has 1 atom stereocenters. The molecule has 1 aliphatic rings. The number of carbonyl (C=O) groups excluding carboxylic acids is 2. The number of piperidine rings is 1. The van der Waals surface area contributed by atoms with Gasteiger partial charge < -0.3 is 15.0 Å². The molecule has 1 fully saturated rings. The summed E-state index contributed by atoms with van der Waals surface area (Å²) in [4.78, 5) is 26.5. The maximum atomic E-state index is 13.3. The fraction of sp³-hybridized carbons (Fsp3) is 0.417. The third-order valence-electron chi connectivity index (χ3n) is 5.14. The number of amides is 2. The summed E-state index contributed by atoms with van der Waals surface area (Å²) in [5, 5.41) is 2.86. The Labute approximate surface area is 177 Å². The molecule has 1 saturated heterocycles. The molecule has 2 aromatic rings. The molecule has 2 aromatic carbocycles. The van der Waals surface area contributed by atoms with Crippen molar-refractivity contribution in [1.82, 2.24) is 10.2 Å². The van der Waals surface area contributed by atoms with E-state index in [4.69, 9.17) is 4.74 Å². The van der Waals surface area contributed by atoms with Crippen LogP contribution in [-0.2, 0) is 11.2 Å². The van der Waals surface area contributed by atoms with Crippen LogP contribution in [-0.4, -0.2) is 42.5 Å². The van der Waals surface area contributed by atoms with E-state index in [1.165, 1.54) is 12.1 Å². The molecular formula is C24H29FN2O3. The fourth-order valence-corrected chi connectivity index (χ4v) is 3.62. The van der Waals surface area contributed by atoms with Crippen LogP contribution >= 0.6 is 0 Å². The largest absolute Gasteiger partial charge is 0.493 e. The quantitative estimate of drug-likeness (QED) is 0.752. The van der Waals surface area contributed by atoms with Gasteiger partial charge in [-0.3, -0.25) is 9.59 Å². The molecule has 1 aliphatic heterocycles. The number of hydrogen-bond acceptors (Lipinski definition) is 3. The zero-order chi connectivity index (χ0) is 21.5. The van der Waals surface area contributed by atoms with Crippen molar-refractivity contribution in [2.45, 2.75) is 39.2 Å². The minimum Gasteiger partial charge on any atom is -0.493 e. The molecule has 0 saturated carbocycles. The summed E-state index contributed by atoms with van der Waals surface area (Å²) < 4.78 is 19.2. The highest BCUT2D eigenvalue weighted by Gasteiger charge is 2.24. The first-order valence-corrected chi connectivity index (χ1v) is 10.5. The van der Waals surface area contributed by atoms with Crippen LogP contribution < -0.4 is 10.1 Å². The topological polar surface area (TPSA) is 58.6 Å². The zero-order valence-electron chi connectivity index (χ0n) is 17.6. The van der Waals surface area contributed by atoms with Gasteiger partial charge in [0.2, 0.25) is 5.91 Å². The van der Waals surface area contributed by atoms with Gasteiger partial charge in [-0.15, -0.1) is 0 Å². The van der Waals surface area contributed by atoms with Crippen LogP contribution in [0.1, 0.15) is 42.6 Å². The number of nitrogens with one attached hydrogen (secondary N) is 1. The summed E-state index contributed by atoms with van der Waals surface area (Å²) in [6.07, 6.45) is 2.14. The summed E-state index contributed by atoms with van der Waals surface area (Å²) in [6.45, 7) is 5.73. The maximum Gasteiger partial charge on any atom is 0.251 e. The van der Waals surface area contributed by atoms with Gasteiger partial charge in [0, 0.05) is 30.6 Å². The van der Waals surface area contributed by atoms with E-state index in [2.05, 4.69) is 5.32 Å². The highest BCUT2D eigenvalue weighted by atomic mass is 19.1. The van der Waals surface area contributed by atoms with Gasteiger partial charge in [0.1, 0.15) is 11.6 Å². The Bertz CT molecular complexity index is 867. The molecule has 0 spiro atoms. The van der Waals surface area contributed by atoms with Gasteiger partial charge in [-0.2, -0.15) is 0 Å². The standard InChI is InChI=1S/C24H29FN2O3/c1-17(2)26-24(29)20-8-10-22(11-9-20)30-16-19-6-4-12-27(15-19)23(28)14-18-5-3-7-21(25)13-18/h3,5,7-11,13,17,19H,4,6,12,14-16H2,1-2H3,(H,26,29). The van der Waals surface area contributed by atoms with Crippen LogP contribution in [0.3, 0.4) is 0 Å². The normalized spacial score (nSPS) is 16.4. The molecule has 0 aliphatic carbocycles. The molecule has 0 aromatic heterocycles. The summed E-state index contributed by atoms with van der Waals surface area (Å²) in [5.41, 5.74) is 1.29. The lowest BCUT2D eigenvalue weighted by molar-refractivity contribution is -0.132. The molecule has 160 valence electrons. The predicted molar refractivity (Wildman–Crippen MR) is 114 cm³/mol. The van der Waals surface area contributed by atoms with Gasteiger partial charge >= 0.3 is 0 Å². The second kappa shape index (κ2) is 10.2. The Morgan fingerprint density at radius 2 is 1.97 bits per heavy atom. The first kappa shape index (κ1) is 21.8. The highest BCUT2D eigenvalue weighted by Crippen LogP contribution is 2.20. The van der Waals surface area contributed by atoms with Crippen molar-refractivity contribution in [3.63, 3.8) is 0 Å². The maximum absolute atomic E-state index is 13.3. The van der Waals surface area contributed by atoms with Crippen molar-refractivity contribution >= 4 is 11.8 Å². The van der Waals surface area contributed by atoms with Crippen molar-refractivity contribution in [3.05, 3.63) is 65.5 Å². The fourth-order valence-electron chi connectivity index (χ4n) is 3.62. The zero-order valence-corrected chi connectivity index (χ0v) is 17.6. The lowest BCUT2D eigenvalue weighted by Gasteiger charge is -2.32. The third kappa shape index (κ3) is 6.31. The van der Waals surface area contributed by atoms with E-state index in [0.717, 1.165) is 19.4 Å². The Morgan fingerprint density at radius 3 is 2.67 bits per heavy atom. The Kier molecular flexibility index (Phi) is 7.44. The van der Waals surface area contributed by atoms with Gasteiger partial charge in [0.25, 0.3) is 5.91 Å².